The molecule has 1 N–H and O–H groups in total. The van der Waals surface area contributed by atoms with Crippen molar-refractivity contribution in [3.8, 4) is 11.5 Å². The molecule has 0 amide bonds. The van der Waals surface area contributed by atoms with Gasteiger partial charge in [-0.1, -0.05) is 19.4 Å². The second kappa shape index (κ2) is 7.37. The number of hydrogen-bond acceptors (Lipinski definition) is 6. The molecule has 1 unspecified atom stereocenters. The van der Waals surface area contributed by atoms with E-state index < -0.39 is 5.60 Å². The number of rotatable bonds is 7. The van der Waals surface area contributed by atoms with E-state index in [4.69, 9.17) is 14.5 Å². The lowest BCUT2D eigenvalue weighted by Crippen LogP contribution is -2.28. The standard InChI is InChI=1S/C19H22N2O3S/c1-4-10-19(22,13-12-20-11-9-15(13)24-5-2)18-21-14-7-6-8-16(23-3)17(14)25-18/h6-9,11-12,22H,4-5,10H2,1-3H3. The number of thiazole rings is 1. The maximum Gasteiger partial charge on any atom is 0.146 e. The van der Waals surface area contributed by atoms with Gasteiger partial charge in [-0.3, -0.25) is 4.98 Å². The molecule has 0 bridgehead atoms. The summed E-state index contributed by atoms with van der Waals surface area (Å²) in [7, 11) is 1.64. The molecule has 0 aliphatic rings. The molecule has 0 aliphatic carbocycles. The Balaban J connectivity index is 2.18. The molecule has 1 atom stereocenters. The summed E-state index contributed by atoms with van der Waals surface area (Å²) in [5, 5.41) is 12.2. The van der Waals surface area contributed by atoms with Gasteiger partial charge in [0.05, 0.1) is 29.5 Å². The maximum atomic E-state index is 11.6. The lowest BCUT2D eigenvalue weighted by Gasteiger charge is -2.27. The molecule has 132 valence electrons. The van der Waals surface area contributed by atoms with Gasteiger partial charge in [-0.25, -0.2) is 4.98 Å². The molecule has 2 aromatic heterocycles. The van der Waals surface area contributed by atoms with Crippen LogP contribution >= 0.6 is 11.3 Å². The SMILES string of the molecule is CCCC(O)(c1nc2cccc(OC)c2s1)c1cnccc1OCC. The summed E-state index contributed by atoms with van der Waals surface area (Å²) >= 11 is 1.45. The smallest absolute Gasteiger partial charge is 0.146 e. The van der Waals surface area contributed by atoms with Crippen LogP contribution in [-0.4, -0.2) is 28.8 Å². The topological polar surface area (TPSA) is 64.5 Å². The average molecular weight is 358 g/mol. The van der Waals surface area contributed by atoms with Crippen LogP contribution in [0, 0.1) is 0 Å². The number of nitrogens with zero attached hydrogens (tertiary/aromatic N) is 2. The highest BCUT2D eigenvalue weighted by molar-refractivity contribution is 7.19. The Morgan fingerprint density at radius 3 is 2.76 bits per heavy atom. The minimum atomic E-state index is -1.25. The number of hydrogen-bond donors (Lipinski definition) is 1. The molecule has 3 rings (SSSR count). The van der Waals surface area contributed by atoms with Gasteiger partial charge >= 0.3 is 0 Å². The van der Waals surface area contributed by atoms with Crippen molar-refractivity contribution in [3.05, 3.63) is 47.2 Å². The summed E-state index contributed by atoms with van der Waals surface area (Å²) in [4.78, 5) is 8.90. The van der Waals surface area contributed by atoms with Crippen LogP contribution < -0.4 is 9.47 Å². The van der Waals surface area contributed by atoms with E-state index in [0.717, 1.165) is 22.4 Å². The largest absolute Gasteiger partial charge is 0.495 e. The van der Waals surface area contributed by atoms with Crippen molar-refractivity contribution in [2.24, 2.45) is 0 Å². The molecule has 0 fully saturated rings. The number of methoxy groups -OCH3 is 1. The first kappa shape index (κ1) is 17.6. The van der Waals surface area contributed by atoms with Crippen molar-refractivity contribution in [3.63, 3.8) is 0 Å². The predicted molar refractivity (Wildman–Crippen MR) is 99.5 cm³/mol. The van der Waals surface area contributed by atoms with Crippen molar-refractivity contribution in [1.29, 1.82) is 0 Å². The molecule has 0 saturated heterocycles. The Bertz CT molecular complexity index is 865. The van der Waals surface area contributed by atoms with E-state index in [1.54, 1.807) is 25.6 Å². The number of ether oxygens (including phenoxy) is 2. The normalized spacial score (nSPS) is 13.6. The molecule has 0 aliphatic heterocycles. The molecule has 2 heterocycles. The van der Waals surface area contributed by atoms with Crippen LogP contribution in [0.4, 0.5) is 0 Å². The third kappa shape index (κ3) is 3.19. The van der Waals surface area contributed by atoms with Gasteiger partial charge in [-0.2, -0.15) is 0 Å². The third-order valence-electron chi connectivity index (χ3n) is 4.09. The fourth-order valence-electron chi connectivity index (χ4n) is 2.95. The summed E-state index contributed by atoms with van der Waals surface area (Å²) in [6.45, 7) is 4.48. The first-order valence-corrected chi connectivity index (χ1v) is 9.19. The third-order valence-corrected chi connectivity index (χ3v) is 5.33. The van der Waals surface area contributed by atoms with E-state index in [2.05, 4.69) is 4.98 Å². The Hall–Kier alpha value is -2.18. The van der Waals surface area contributed by atoms with Gasteiger partial charge in [0.2, 0.25) is 0 Å². The van der Waals surface area contributed by atoms with Gasteiger partial charge in [-0.15, -0.1) is 11.3 Å². The highest BCUT2D eigenvalue weighted by atomic mass is 32.1. The van der Waals surface area contributed by atoms with Crippen LogP contribution in [-0.2, 0) is 5.60 Å². The van der Waals surface area contributed by atoms with Crippen molar-refractivity contribution in [2.75, 3.05) is 13.7 Å². The van der Waals surface area contributed by atoms with Gasteiger partial charge in [0.25, 0.3) is 0 Å². The summed E-state index contributed by atoms with van der Waals surface area (Å²) < 4.78 is 12.1. The lowest BCUT2D eigenvalue weighted by molar-refractivity contribution is 0.0663. The van der Waals surface area contributed by atoms with Crippen molar-refractivity contribution in [2.45, 2.75) is 32.3 Å². The van der Waals surface area contributed by atoms with E-state index in [1.807, 2.05) is 32.0 Å². The highest BCUT2D eigenvalue weighted by Gasteiger charge is 2.37. The van der Waals surface area contributed by atoms with Crippen LogP contribution in [0.25, 0.3) is 10.2 Å². The van der Waals surface area contributed by atoms with Gasteiger partial charge < -0.3 is 14.6 Å². The van der Waals surface area contributed by atoms with Gasteiger partial charge in [0, 0.05) is 12.4 Å². The fourth-order valence-corrected chi connectivity index (χ4v) is 4.14. The van der Waals surface area contributed by atoms with E-state index in [9.17, 15) is 5.11 Å². The average Bonchev–Trinajstić information content (AvgIpc) is 3.07. The molecule has 3 aromatic rings. The zero-order chi connectivity index (χ0) is 17.9. The van der Waals surface area contributed by atoms with Crippen LogP contribution in [0.15, 0.2) is 36.7 Å². The van der Waals surface area contributed by atoms with E-state index in [0.29, 0.717) is 29.3 Å². The minimum absolute atomic E-state index is 0.521. The maximum absolute atomic E-state index is 11.6. The predicted octanol–water partition coefficient (Wildman–Crippen LogP) is 4.13. The zero-order valence-electron chi connectivity index (χ0n) is 14.7. The first-order chi connectivity index (χ1) is 12.1. The lowest BCUT2D eigenvalue weighted by atomic mass is 9.90. The first-order valence-electron chi connectivity index (χ1n) is 8.37. The monoisotopic (exact) mass is 358 g/mol. The molecule has 0 radical (unpaired) electrons. The number of pyridine rings is 1. The van der Waals surface area contributed by atoms with Crippen molar-refractivity contribution < 1.29 is 14.6 Å². The Morgan fingerprint density at radius 1 is 1.20 bits per heavy atom. The van der Waals surface area contributed by atoms with E-state index >= 15 is 0 Å². The molecular formula is C19H22N2O3S. The molecule has 0 spiro atoms. The Kier molecular flexibility index (Phi) is 5.20. The van der Waals surface area contributed by atoms with E-state index in [-0.39, 0.29) is 0 Å². The Labute approximate surface area is 151 Å². The van der Waals surface area contributed by atoms with Crippen LogP contribution in [0.5, 0.6) is 11.5 Å². The van der Waals surface area contributed by atoms with Gasteiger partial charge in [-0.05, 0) is 31.5 Å². The van der Waals surface area contributed by atoms with Crippen LogP contribution in [0.1, 0.15) is 37.3 Å². The summed E-state index contributed by atoms with van der Waals surface area (Å²) in [5.74, 6) is 1.40. The Morgan fingerprint density at radius 2 is 2.04 bits per heavy atom. The molecule has 25 heavy (non-hydrogen) atoms. The van der Waals surface area contributed by atoms with Crippen LogP contribution in [0.3, 0.4) is 0 Å². The van der Waals surface area contributed by atoms with Gasteiger partial charge in [0.1, 0.15) is 22.1 Å². The fraction of sp³-hybridized carbons (Fsp3) is 0.368. The quantitative estimate of drug-likeness (QED) is 0.688. The second-order valence-electron chi connectivity index (χ2n) is 5.74. The molecule has 1 aromatic carbocycles. The van der Waals surface area contributed by atoms with Crippen molar-refractivity contribution in [1.82, 2.24) is 9.97 Å². The molecule has 6 heteroatoms. The zero-order valence-corrected chi connectivity index (χ0v) is 15.5. The summed E-state index contributed by atoms with van der Waals surface area (Å²) in [5.41, 5.74) is 0.217. The summed E-state index contributed by atoms with van der Waals surface area (Å²) in [6, 6.07) is 7.52. The second-order valence-corrected chi connectivity index (χ2v) is 6.74. The molecular weight excluding hydrogens is 336 g/mol. The number of fused-ring (bicyclic) bond motifs is 1. The minimum Gasteiger partial charge on any atom is -0.495 e. The molecule has 5 nitrogen and oxygen atoms in total. The highest BCUT2D eigenvalue weighted by Crippen LogP contribution is 2.43. The number of aliphatic hydroxyl groups is 1. The number of aromatic nitrogens is 2. The van der Waals surface area contributed by atoms with Gasteiger partial charge in [0.15, 0.2) is 0 Å². The van der Waals surface area contributed by atoms with Crippen molar-refractivity contribution >= 4 is 21.6 Å². The van der Waals surface area contributed by atoms with E-state index in [1.165, 1.54) is 11.3 Å². The number of benzene rings is 1. The summed E-state index contributed by atoms with van der Waals surface area (Å²) in [6.07, 6.45) is 4.66. The van der Waals surface area contributed by atoms with Crippen LogP contribution in [0.2, 0.25) is 0 Å². The molecule has 0 saturated carbocycles.